The van der Waals surface area contributed by atoms with E-state index in [0.29, 0.717) is 35.4 Å². The van der Waals surface area contributed by atoms with E-state index in [9.17, 15) is 27.2 Å². The smallest absolute Gasteiger partial charge is 0.261 e. The number of pyridine rings is 1. The van der Waals surface area contributed by atoms with Crippen LogP contribution in [0.15, 0.2) is 52.5 Å². The Labute approximate surface area is 215 Å². The molecular formula is C26H26F4N6O2. The quantitative estimate of drug-likeness (QED) is 0.383. The molecule has 1 aliphatic carbocycles. The van der Waals surface area contributed by atoms with Crippen LogP contribution in [0, 0.1) is 0 Å². The molecule has 38 heavy (non-hydrogen) atoms. The maximum Gasteiger partial charge on any atom is 0.261 e. The number of nitrogens with zero attached hydrogens (tertiary/aromatic N) is 3. The summed E-state index contributed by atoms with van der Waals surface area (Å²) >= 11 is 0. The van der Waals surface area contributed by atoms with Crippen LogP contribution >= 0.6 is 0 Å². The highest BCUT2D eigenvalue weighted by Crippen LogP contribution is 2.34. The molecule has 2 unspecified atom stereocenters. The van der Waals surface area contributed by atoms with Crippen molar-refractivity contribution in [1.29, 1.82) is 0 Å². The normalized spacial score (nSPS) is 19.5. The van der Waals surface area contributed by atoms with E-state index in [1.807, 2.05) is 25.1 Å². The number of allylic oxidation sites excluding steroid dienone is 3. The number of halogens is 4. The van der Waals surface area contributed by atoms with Gasteiger partial charge in [-0.1, -0.05) is 0 Å². The van der Waals surface area contributed by atoms with Crippen LogP contribution in [0.3, 0.4) is 0 Å². The van der Waals surface area contributed by atoms with Crippen molar-refractivity contribution >= 4 is 22.6 Å². The zero-order chi connectivity index (χ0) is 27.1. The molecule has 12 heteroatoms. The van der Waals surface area contributed by atoms with Gasteiger partial charge < -0.3 is 25.1 Å². The van der Waals surface area contributed by atoms with Gasteiger partial charge in [0.2, 0.25) is 0 Å². The molecular weight excluding hydrogens is 504 g/mol. The van der Waals surface area contributed by atoms with Gasteiger partial charge in [0.05, 0.1) is 16.7 Å². The van der Waals surface area contributed by atoms with Crippen molar-refractivity contribution in [2.75, 3.05) is 39.0 Å². The van der Waals surface area contributed by atoms with Gasteiger partial charge in [0.25, 0.3) is 11.5 Å². The average Bonchev–Trinajstić information content (AvgIpc) is 3.42. The van der Waals surface area contributed by atoms with Gasteiger partial charge in [-0.15, -0.1) is 0 Å². The average molecular weight is 531 g/mol. The van der Waals surface area contributed by atoms with Gasteiger partial charge >= 0.3 is 0 Å². The van der Waals surface area contributed by atoms with Gasteiger partial charge in [-0.05, 0) is 50.4 Å². The molecule has 3 N–H and O–H groups in total. The Hall–Kier alpha value is -3.93. The molecule has 0 spiro atoms. The van der Waals surface area contributed by atoms with E-state index in [0.717, 1.165) is 12.1 Å². The van der Waals surface area contributed by atoms with Gasteiger partial charge in [0.15, 0.2) is 24.0 Å². The predicted octanol–water partition coefficient (Wildman–Crippen LogP) is 4.00. The maximum atomic E-state index is 14.1. The molecule has 3 heterocycles. The van der Waals surface area contributed by atoms with Gasteiger partial charge in [0, 0.05) is 43.5 Å². The Bertz CT molecular complexity index is 1530. The van der Waals surface area contributed by atoms with Crippen LogP contribution in [0.2, 0.25) is 0 Å². The van der Waals surface area contributed by atoms with Crippen molar-refractivity contribution in [3.63, 3.8) is 0 Å². The van der Waals surface area contributed by atoms with Crippen molar-refractivity contribution < 1.29 is 22.4 Å². The van der Waals surface area contributed by atoms with E-state index in [2.05, 4.69) is 20.3 Å². The van der Waals surface area contributed by atoms with Crippen molar-refractivity contribution in [1.82, 2.24) is 24.8 Å². The Kier molecular flexibility index (Phi) is 6.82. The Balaban J connectivity index is 1.38. The minimum atomic E-state index is -2.28. The highest BCUT2D eigenvalue weighted by molar-refractivity contribution is 6.02. The van der Waals surface area contributed by atoms with E-state index in [1.54, 1.807) is 17.0 Å². The summed E-state index contributed by atoms with van der Waals surface area (Å²) in [5.41, 5.74) is 1.93. The van der Waals surface area contributed by atoms with E-state index in [1.165, 1.54) is 6.20 Å². The lowest BCUT2D eigenvalue weighted by Gasteiger charge is -2.20. The number of likely N-dealkylation sites (N-methyl/N-ethyl adjacent to an activating group) is 1. The largest absolute Gasteiger partial charge is 0.384 e. The molecule has 0 fully saturated rings. The van der Waals surface area contributed by atoms with Crippen molar-refractivity contribution in [2.24, 2.45) is 0 Å². The summed E-state index contributed by atoms with van der Waals surface area (Å²) in [4.78, 5) is 39.6. The molecule has 5 rings (SSSR count). The number of imidazole rings is 1. The monoisotopic (exact) mass is 530 g/mol. The molecule has 200 valence electrons. The third-order valence-corrected chi connectivity index (χ3v) is 6.72. The predicted molar refractivity (Wildman–Crippen MR) is 136 cm³/mol. The zero-order valence-corrected chi connectivity index (χ0v) is 20.7. The first-order valence-corrected chi connectivity index (χ1v) is 12.1. The maximum absolute atomic E-state index is 14.1. The lowest BCUT2D eigenvalue weighted by molar-refractivity contribution is 0.0768. The Morgan fingerprint density at radius 2 is 2.00 bits per heavy atom. The first-order valence-electron chi connectivity index (χ1n) is 12.1. The van der Waals surface area contributed by atoms with Crippen molar-refractivity contribution in [3.8, 4) is 11.4 Å². The number of carbonyl (C=O) groups excluding carboxylic acids is 1. The van der Waals surface area contributed by atoms with Crippen LogP contribution in [-0.2, 0) is 6.54 Å². The Morgan fingerprint density at radius 3 is 2.76 bits per heavy atom. The molecule has 0 saturated carbocycles. The first kappa shape index (κ1) is 25.7. The second kappa shape index (κ2) is 10.1. The summed E-state index contributed by atoms with van der Waals surface area (Å²) < 4.78 is 55.4. The molecule has 2 atom stereocenters. The minimum Gasteiger partial charge on any atom is -0.384 e. The number of amides is 1. The van der Waals surface area contributed by atoms with E-state index < -0.39 is 35.1 Å². The van der Waals surface area contributed by atoms with Gasteiger partial charge in [0.1, 0.15) is 11.4 Å². The number of alkyl halides is 2. The van der Waals surface area contributed by atoms with Crippen LogP contribution < -0.4 is 10.9 Å². The second-order valence-corrected chi connectivity index (χ2v) is 9.61. The molecule has 1 aliphatic heterocycles. The number of anilines is 1. The number of hydrogen-bond donors (Lipinski definition) is 3. The lowest BCUT2D eigenvalue weighted by Crippen LogP contribution is -2.31. The highest BCUT2D eigenvalue weighted by atomic mass is 19.2. The summed E-state index contributed by atoms with van der Waals surface area (Å²) in [7, 11) is 3.88. The highest BCUT2D eigenvalue weighted by Gasteiger charge is 2.33. The minimum absolute atomic E-state index is 0.0783. The van der Waals surface area contributed by atoms with Crippen molar-refractivity contribution in [3.05, 3.63) is 69.2 Å². The standard InChI is InChI=1S/C26H26F4N6O2/c1-35(2)7-8-36-12-13-9-19-20(10-15(13)26(36)38)34-24(33-19)21-18(4-6-32-25(21)37)31-5-3-14-22(29)16(27)11-17(28)23(14)30/h4,6,9-11,16,22H,3,5,7-8,12H2,1-2H3,(H,33,34)(H2,31,32,37). The summed E-state index contributed by atoms with van der Waals surface area (Å²) in [5, 5.41) is 2.92. The van der Waals surface area contributed by atoms with Crippen molar-refractivity contribution in [2.45, 2.75) is 25.3 Å². The summed E-state index contributed by atoms with van der Waals surface area (Å²) in [6.45, 7) is 1.72. The van der Waals surface area contributed by atoms with Crippen LogP contribution in [0.1, 0.15) is 22.3 Å². The molecule has 3 aromatic rings. The molecule has 2 aliphatic rings. The topological polar surface area (TPSA) is 97.1 Å². The number of rotatable bonds is 8. The number of benzene rings is 1. The SMILES string of the molecule is CN(C)CCN1Cc2cc3[nH]c(-c4c(NCCC5=C(F)C(F)=CC(F)C5F)cc[nH]c4=O)nc3cc2C1=O. The summed E-state index contributed by atoms with van der Waals surface area (Å²) in [5.74, 6) is -2.68. The van der Waals surface area contributed by atoms with Gasteiger partial charge in [-0.3, -0.25) is 9.59 Å². The fraction of sp³-hybridized carbons (Fsp3) is 0.346. The fourth-order valence-electron chi connectivity index (χ4n) is 4.70. The third kappa shape index (κ3) is 4.71. The molecule has 2 aromatic heterocycles. The van der Waals surface area contributed by atoms with Crippen LogP contribution in [0.4, 0.5) is 23.2 Å². The molecule has 0 radical (unpaired) electrons. The molecule has 8 nitrogen and oxygen atoms in total. The fourth-order valence-corrected chi connectivity index (χ4v) is 4.70. The lowest BCUT2D eigenvalue weighted by atomic mass is 9.97. The van der Waals surface area contributed by atoms with Crippen LogP contribution in [-0.4, -0.2) is 76.7 Å². The summed E-state index contributed by atoms with van der Waals surface area (Å²) in [6.07, 6.45) is -3.19. The molecule has 0 saturated heterocycles. The molecule has 1 aromatic carbocycles. The molecule has 0 bridgehead atoms. The number of fused-ring (bicyclic) bond motifs is 2. The van der Waals surface area contributed by atoms with Crippen LogP contribution in [0.5, 0.6) is 0 Å². The second-order valence-electron chi connectivity index (χ2n) is 9.61. The van der Waals surface area contributed by atoms with E-state index in [4.69, 9.17) is 0 Å². The van der Waals surface area contributed by atoms with Gasteiger partial charge in [-0.2, -0.15) is 0 Å². The number of aromatic amines is 2. The first-order chi connectivity index (χ1) is 18.1. The number of hydrogen-bond acceptors (Lipinski definition) is 5. The van der Waals surface area contributed by atoms with E-state index in [-0.39, 0.29) is 36.3 Å². The third-order valence-electron chi connectivity index (χ3n) is 6.72. The summed E-state index contributed by atoms with van der Waals surface area (Å²) in [6, 6.07) is 5.09. The van der Waals surface area contributed by atoms with E-state index >= 15 is 0 Å². The number of H-pyrrole nitrogens is 2. The van der Waals surface area contributed by atoms with Gasteiger partial charge in [-0.25, -0.2) is 22.5 Å². The number of aromatic nitrogens is 3. The number of nitrogens with one attached hydrogen (secondary N) is 3. The molecule has 1 amide bonds. The number of carbonyl (C=O) groups is 1. The Morgan fingerprint density at radius 1 is 1.21 bits per heavy atom. The zero-order valence-electron chi connectivity index (χ0n) is 20.7. The van der Waals surface area contributed by atoms with Crippen LogP contribution in [0.25, 0.3) is 22.4 Å².